The minimum Gasteiger partial charge on any atom is -0.476 e. The topological polar surface area (TPSA) is 92.7 Å². The zero-order valence-corrected chi connectivity index (χ0v) is 17.5. The van der Waals surface area contributed by atoms with Crippen molar-refractivity contribution < 1.29 is 31.8 Å². The number of halogens is 2. The molecule has 0 saturated heterocycles. The Balaban J connectivity index is 2.31. The second-order valence-corrected chi connectivity index (χ2v) is 9.29. The number of carbonyl (C=O) groups is 1. The Labute approximate surface area is 169 Å². The Hall–Kier alpha value is -1.39. The number of carboxylic acids is 1. The number of unbranched alkanes of at least 4 members (excludes halogenated alkanes) is 5. The van der Waals surface area contributed by atoms with Gasteiger partial charge in [-0.05, 0) is 24.6 Å². The lowest BCUT2D eigenvalue weighted by atomic mass is 10.1. The van der Waals surface area contributed by atoms with E-state index in [9.17, 15) is 22.0 Å². The molecule has 0 aromatic heterocycles. The van der Waals surface area contributed by atoms with Crippen molar-refractivity contribution in [2.24, 2.45) is 0 Å². The maximum Gasteiger partial charge on any atom is 0.378 e. The molecular formula is C18H27F2NO5S2. The Morgan fingerprint density at radius 1 is 1.25 bits per heavy atom. The van der Waals surface area contributed by atoms with E-state index in [-0.39, 0.29) is 12.3 Å². The van der Waals surface area contributed by atoms with Crippen LogP contribution in [0.25, 0.3) is 0 Å². The van der Waals surface area contributed by atoms with Gasteiger partial charge in [0.25, 0.3) is 0 Å². The van der Waals surface area contributed by atoms with Crippen LogP contribution in [0.5, 0.6) is 5.75 Å². The molecule has 28 heavy (non-hydrogen) atoms. The molecule has 0 saturated carbocycles. The lowest BCUT2D eigenvalue weighted by molar-refractivity contribution is -0.153. The number of hydrogen-bond donors (Lipinski definition) is 2. The Kier molecular flexibility index (Phi) is 11.4. The fourth-order valence-electron chi connectivity index (χ4n) is 2.34. The van der Waals surface area contributed by atoms with Crippen LogP contribution >= 0.6 is 11.8 Å². The molecule has 0 fully saturated rings. The molecule has 0 aliphatic carbocycles. The Bertz CT molecular complexity index is 716. The Morgan fingerprint density at radius 2 is 1.93 bits per heavy atom. The maximum atomic E-state index is 13.8. The number of sulfonamides is 1. The van der Waals surface area contributed by atoms with Crippen molar-refractivity contribution in [2.45, 2.75) is 56.7 Å². The average molecular weight is 440 g/mol. The fourth-order valence-corrected chi connectivity index (χ4v) is 4.40. The summed E-state index contributed by atoms with van der Waals surface area (Å²) in [6.45, 7) is 2.33. The first kappa shape index (κ1) is 24.6. The number of ether oxygens (including phenoxy) is 1. The molecule has 1 unspecified atom stereocenters. The molecule has 0 amide bonds. The van der Waals surface area contributed by atoms with Gasteiger partial charge in [-0.1, -0.05) is 39.0 Å². The van der Waals surface area contributed by atoms with Crippen molar-refractivity contribution in [1.29, 1.82) is 0 Å². The van der Waals surface area contributed by atoms with Gasteiger partial charge in [-0.15, -0.1) is 11.8 Å². The first-order valence-electron chi connectivity index (χ1n) is 9.18. The predicted molar refractivity (Wildman–Crippen MR) is 105 cm³/mol. The van der Waals surface area contributed by atoms with E-state index in [1.165, 1.54) is 24.2 Å². The van der Waals surface area contributed by atoms with Gasteiger partial charge in [0.15, 0.2) is 11.6 Å². The van der Waals surface area contributed by atoms with E-state index in [0.29, 0.717) is 17.1 Å². The quantitative estimate of drug-likeness (QED) is 0.317. The Morgan fingerprint density at radius 3 is 2.57 bits per heavy atom. The molecule has 0 spiro atoms. The van der Waals surface area contributed by atoms with E-state index in [2.05, 4.69) is 16.4 Å². The van der Waals surface area contributed by atoms with Crippen molar-refractivity contribution in [3.63, 3.8) is 0 Å². The smallest absolute Gasteiger partial charge is 0.378 e. The minimum absolute atomic E-state index is 0.0957. The standard InChI is InChI=1S/C18H27F2NO5S2/c1-2-3-4-5-6-7-12-28(24,25)21-10-11-27-14-8-9-16(15(19)13-14)26-17(20)18(22)23/h8-9,13,17,21H,2-7,10-12H2,1H3,(H,22,23). The van der Waals surface area contributed by atoms with Crippen molar-refractivity contribution in [3.8, 4) is 5.75 Å². The summed E-state index contributed by atoms with van der Waals surface area (Å²) in [4.78, 5) is 10.9. The second-order valence-electron chi connectivity index (χ2n) is 6.19. The highest BCUT2D eigenvalue weighted by molar-refractivity contribution is 7.99. The summed E-state index contributed by atoms with van der Waals surface area (Å²) >= 11 is 1.21. The number of rotatable bonds is 15. The van der Waals surface area contributed by atoms with Gasteiger partial charge in [0, 0.05) is 17.2 Å². The highest BCUT2D eigenvalue weighted by atomic mass is 32.2. The summed E-state index contributed by atoms with van der Waals surface area (Å²) < 4.78 is 57.5. The van der Waals surface area contributed by atoms with Crippen LogP contribution < -0.4 is 9.46 Å². The van der Waals surface area contributed by atoms with E-state index in [1.807, 2.05) is 0 Å². The van der Waals surface area contributed by atoms with Crippen molar-refractivity contribution in [2.75, 3.05) is 18.1 Å². The monoisotopic (exact) mass is 439 g/mol. The van der Waals surface area contributed by atoms with Gasteiger partial charge in [-0.2, -0.15) is 4.39 Å². The van der Waals surface area contributed by atoms with Gasteiger partial charge in [-0.3, -0.25) is 0 Å². The summed E-state index contributed by atoms with van der Waals surface area (Å²) in [6, 6.07) is 3.66. The third-order valence-corrected chi connectivity index (χ3v) is 6.25. The number of alkyl halides is 1. The average Bonchev–Trinajstić information content (AvgIpc) is 2.63. The molecule has 6 nitrogen and oxygen atoms in total. The molecule has 0 radical (unpaired) electrons. The molecule has 160 valence electrons. The zero-order chi connectivity index (χ0) is 21.0. The SMILES string of the molecule is CCCCCCCCS(=O)(=O)NCCSc1ccc(OC(F)C(=O)O)c(F)c1. The first-order chi connectivity index (χ1) is 13.2. The number of carboxylic acid groups (broad SMARTS) is 1. The third kappa shape index (κ3) is 10.2. The fraction of sp³-hybridized carbons (Fsp3) is 0.611. The lowest BCUT2D eigenvalue weighted by Gasteiger charge is -2.10. The number of thioether (sulfide) groups is 1. The van der Waals surface area contributed by atoms with Crippen molar-refractivity contribution in [3.05, 3.63) is 24.0 Å². The van der Waals surface area contributed by atoms with Gasteiger partial charge < -0.3 is 9.84 Å². The molecular weight excluding hydrogens is 412 g/mol. The van der Waals surface area contributed by atoms with Crippen LogP contribution in [-0.2, 0) is 14.8 Å². The van der Waals surface area contributed by atoms with E-state index in [4.69, 9.17) is 5.11 Å². The number of aliphatic carboxylic acids is 1. The largest absolute Gasteiger partial charge is 0.476 e. The predicted octanol–water partition coefficient (Wildman–Crippen LogP) is 3.96. The molecule has 1 rings (SSSR count). The lowest BCUT2D eigenvalue weighted by Crippen LogP contribution is -2.28. The van der Waals surface area contributed by atoms with Crippen LogP contribution in [0.2, 0.25) is 0 Å². The van der Waals surface area contributed by atoms with E-state index >= 15 is 0 Å². The van der Waals surface area contributed by atoms with Crippen LogP contribution in [0.4, 0.5) is 8.78 Å². The van der Waals surface area contributed by atoms with Crippen LogP contribution in [0.3, 0.4) is 0 Å². The zero-order valence-electron chi connectivity index (χ0n) is 15.8. The number of hydrogen-bond acceptors (Lipinski definition) is 5. The van der Waals surface area contributed by atoms with Gasteiger partial charge in [0.2, 0.25) is 10.0 Å². The molecule has 10 heteroatoms. The molecule has 1 aromatic rings. The minimum atomic E-state index is -3.32. The first-order valence-corrected chi connectivity index (χ1v) is 11.8. The molecule has 0 aliphatic rings. The van der Waals surface area contributed by atoms with Crippen LogP contribution in [0, 0.1) is 5.82 Å². The second kappa shape index (κ2) is 12.9. The van der Waals surface area contributed by atoms with Gasteiger partial charge in [-0.25, -0.2) is 22.3 Å². The molecule has 1 atom stereocenters. The van der Waals surface area contributed by atoms with E-state index < -0.39 is 33.9 Å². The van der Waals surface area contributed by atoms with Crippen molar-refractivity contribution >= 4 is 27.8 Å². The summed E-state index contributed by atoms with van der Waals surface area (Å²) in [6.07, 6.45) is 3.37. The van der Waals surface area contributed by atoms with Gasteiger partial charge >= 0.3 is 12.3 Å². The van der Waals surface area contributed by atoms with Gasteiger partial charge in [0.05, 0.1) is 5.75 Å². The van der Waals surface area contributed by atoms with Crippen LogP contribution in [-0.4, -0.2) is 43.9 Å². The van der Waals surface area contributed by atoms with Gasteiger partial charge in [0.1, 0.15) is 0 Å². The molecule has 1 aromatic carbocycles. The molecule has 0 heterocycles. The number of nitrogens with one attached hydrogen (secondary N) is 1. The van der Waals surface area contributed by atoms with Crippen molar-refractivity contribution in [1.82, 2.24) is 4.72 Å². The summed E-state index contributed by atoms with van der Waals surface area (Å²) in [7, 11) is -3.32. The maximum absolute atomic E-state index is 13.8. The molecule has 0 aliphatic heterocycles. The molecule has 2 N–H and O–H groups in total. The number of benzene rings is 1. The van der Waals surface area contributed by atoms with E-state index in [1.54, 1.807) is 0 Å². The van der Waals surface area contributed by atoms with Crippen LogP contribution in [0.15, 0.2) is 23.1 Å². The highest BCUT2D eigenvalue weighted by Crippen LogP contribution is 2.25. The summed E-state index contributed by atoms with van der Waals surface area (Å²) in [5.74, 6) is -2.75. The van der Waals surface area contributed by atoms with E-state index in [0.717, 1.165) is 37.8 Å². The summed E-state index contributed by atoms with van der Waals surface area (Å²) in [5, 5.41) is 8.42. The molecule has 0 bridgehead atoms. The highest BCUT2D eigenvalue weighted by Gasteiger charge is 2.19. The van der Waals surface area contributed by atoms with Crippen LogP contribution in [0.1, 0.15) is 45.4 Å². The third-order valence-electron chi connectivity index (χ3n) is 3.79. The normalized spacial score (nSPS) is 12.7. The summed E-state index contributed by atoms with van der Waals surface area (Å²) in [5.41, 5.74) is 0.